The Labute approximate surface area is 116 Å². The maximum Gasteiger partial charge on any atom is 0.285 e. The van der Waals surface area contributed by atoms with Gasteiger partial charge in [0.2, 0.25) is 0 Å². The van der Waals surface area contributed by atoms with Crippen LogP contribution in [0.4, 0.5) is 15.8 Å². The quantitative estimate of drug-likeness (QED) is 0.458. The van der Waals surface area contributed by atoms with E-state index in [-0.39, 0.29) is 11.3 Å². The first-order valence-corrected chi connectivity index (χ1v) is 6.45. The molecule has 6 nitrogen and oxygen atoms in total. The van der Waals surface area contributed by atoms with Crippen LogP contribution in [0.1, 0.15) is 36.5 Å². The van der Waals surface area contributed by atoms with Gasteiger partial charge in [-0.25, -0.2) is 4.39 Å². The third-order valence-corrected chi connectivity index (χ3v) is 2.86. The van der Waals surface area contributed by atoms with Crippen LogP contribution in [-0.2, 0) is 0 Å². The summed E-state index contributed by atoms with van der Waals surface area (Å²) in [6.45, 7) is 2.47. The van der Waals surface area contributed by atoms with Crippen LogP contribution in [0.15, 0.2) is 12.1 Å². The number of nitrogens with one attached hydrogen (secondary N) is 2. The number of nitrogens with zero attached hydrogens (tertiary/aromatic N) is 1. The van der Waals surface area contributed by atoms with E-state index < -0.39 is 22.3 Å². The fourth-order valence-electron chi connectivity index (χ4n) is 1.76. The second kappa shape index (κ2) is 7.42. The molecular weight excluding hydrogens is 265 g/mol. The summed E-state index contributed by atoms with van der Waals surface area (Å²) >= 11 is 0. The molecule has 0 aliphatic carbocycles. The average molecular weight is 283 g/mol. The van der Waals surface area contributed by atoms with E-state index in [1.807, 2.05) is 6.92 Å². The fourth-order valence-corrected chi connectivity index (χ4v) is 1.76. The summed E-state index contributed by atoms with van der Waals surface area (Å²) in [6.07, 6.45) is 2.78. The van der Waals surface area contributed by atoms with Gasteiger partial charge >= 0.3 is 0 Å². The van der Waals surface area contributed by atoms with Crippen molar-refractivity contribution in [2.45, 2.75) is 26.2 Å². The molecule has 20 heavy (non-hydrogen) atoms. The van der Waals surface area contributed by atoms with Crippen molar-refractivity contribution in [1.82, 2.24) is 5.32 Å². The predicted molar refractivity (Wildman–Crippen MR) is 74.5 cm³/mol. The number of hydrogen-bond donors (Lipinski definition) is 2. The first-order valence-electron chi connectivity index (χ1n) is 6.45. The van der Waals surface area contributed by atoms with Crippen molar-refractivity contribution >= 4 is 17.3 Å². The molecule has 1 aromatic rings. The highest BCUT2D eigenvalue weighted by molar-refractivity contribution is 5.99. The van der Waals surface area contributed by atoms with Gasteiger partial charge in [-0.2, -0.15) is 0 Å². The maximum absolute atomic E-state index is 13.5. The molecule has 1 aromatic carbocycles. The molecule has 0 aliphatic heterocycles. The van der Waals surface area contributed by atoms with Gasteiger partial charge in [-0.1, -0.05) is 19.8 Å². The molecule has 0 unspecified atom stereocenters. The molecule has 0 atom stereocenters. The van der Waals surface area contributed by atoms with Gasteiger partial charge in [0.25, 0.3) is 11.6 Å². The number of amides is 1. The molecule has 0 saturated heterocycles. The molecule has 0 spiro atoms. The van der Waals surface area contributed by atoms with E-state index in [0.717, 1.165) is 31.4 Å². The highest BCUT2D eigenvalue weighted by Crippen LogP contribution is 2.25. The summed E-state index contributed by atoms with van der Waals surface area (Å²) in [4.78, 5) is 22.1. The number of carbonyl (C=O) groups excluding carboxylic acids is 1. The van der Waals surface area contributed by atoms with Crippen LogP contribution in [0.5, 0.6) is 0 Å². The number of hydrogen-bond acceptors (Lipinski definition) is 4. The highest BCUT2D eigenvalue weighted by atomic mass is 19.1. The minimum atomic E-state index is -0.762. The standard InChI is InChI=1S/C13H18FN3O3/c1-3-4-5-6-16-13(18)9-7-11(15-2)10(14)8-12(9)17(19)20/h7-8,15H,3-6H2,1-2H3,(H,16,18). The fraction of sp³-hybridized carbons (Fsp3) is 0.462. The normalized spacial score (nSPS) is 10.2. The van der Waals surface area contributed by atoms with Crippen molar-refractivity contribution < 1.29 is 14.1 Å². The van der Waals surface area contributed by atoms with Crippen LogP contribution in [0, 0.1) is 15.9 Å². The predicted octanol–water partition coefficient (Wildman–Crippen LogP) is 2.70. The van der Waals surface area contributed by atoms with E-state index in [0.29, 0.717) is 6.54 Å². The molecule has 110 valence electrons. The van der Waals surface area contributed by atoms with Crippen LogP contribution in [0.25, 0.3) is 0 Å². The first kappa shape index (κ1) is 15.9. The largest absolute Gasteiger partial charge is 0.386 e. The molecule has 2 N–H and O–H groups in total. The molecule has 7 heteroatoms. The van der Waals surface area contributed by atoms with Crippen molar-refractivity contribution in [3.63, 3.8) is 0 Å². The van der Waals surface area contributed by atoms with E-state index >= 15 is 0 Å². The number of carbonyl (C=O) groups is 1. The van der Waals surface area contributed by atoms with Crippen LogP contribution in [-0.4, -0.2) is 24.4 Å². The van der Waals surface area contributed by atoms with Gasteiger partial charge < -0.3 is 10.6 Å². The molecule has 0 aliphatic rings. The van der Waals surface area contributed by atoms with Gasteiger partial charge in [-0.3, -0.25) is 14.9 Å². The lowest BCUT2D eigenvalue weighted by Gasteiger charge is -2.08. The van der Waals surface area contributed by atoms with Gasteiger partial charge in [0.05, 0.1) is 16.7 Å². The molecule has 0 radical (unpaired) electrons. The Balaban J connectivity index is 2.96. The summed E-state index contributed by atoms with van der Waals surface area (Å²) in [5.41, 5.74) is -0.624. The van der Waals surface area contributed by atoms with Gasteiger partial charge in [-0.05, 0) is 12.5 Å². The third kappa shape index (κ3) is 3.91. The Morgan fingerprint density at radius 2 is 2.10 bits per heavy atom. The number of rotatable bonds is 7. The lowest BCUT2D eigenvalue weighted by Crippen LogP contribution is -2.25. The molecule has 1 rings (SSSR count). The number of unbranched alkanes of at least 4 members (excludes halogenated alkanes) is 2. The molecule has 1 amide bonds. The van der Waals surface area contributed by atoms with Crippen LogP contribution >= 0.6 is 0 Å². The Kier molecular flexibility index (Phi) is 5.89. The smallest absolute Gasteiger partial charge is 0.285 e. The SMILES string of the molecule is CCCCCNC(=O)c1cc(NC)c(F)cc1[N+](=O)[O-]. The Morgan fingerprint density at radius 1 is 1.40 bits per heavy atom. The van der Waals surface area contributed by atoms with E-state index in [4.69, 9.17) is 0 Å². The zero-order valence-corrected chi connectivity index (χ0v) is 11.5. The van der Waals surface area contributed by atoms with E-state index in [1.165, 1.54) is 7.05 Å². The lowest BCUT2D eigenvalue weighted by molar-refractivity contribution is -0.385. The summed E-state index contributed by atoms with van der Waals surface area (Å²) in [5.74, 6) is -1.33. The number of halogens is 1. The number of nitro groups is 1. The van der Waals surface area contributed by atoms with E-state index in [1.54, 1.807) is 0 Å². The van der Waals surface area contributed by atoms with Crippen LogP contribution in [0.3, 0.4) is 0 Å². The zero-order chi connectivity index (χ0) is 15.1. The molecular formula is C13H18FN3O3. The topological polar surface area (TPSA) is 84.3 Å². The second-order valence-corrected chi connectivity index (χ2v) is 4.32. The lowest BCUT2D eigenvalue weighted by atomic mass is 10.1. The maximum atomic E-state index is 13.5. The van der Waals surface area contributed by atoms with E-state index in [2.05, 4.69) is 10.6 Å². The van der Waals surface area contributed by atoms with Crippen LogP contribution in [0.2, 0.25) is 0 Å². The van der Waals surface area contributed by atoms with Crippen molar-refractivity contribution in [1.29, 1.82) is 0 Å². The monoisotopic (exact) mass is 283 g/mol. The van der Waals surface area contributed by atoms with Crippen LogP contribution < -0.4 is 10.6 Å². The van der Waals surface area contributed by atoms with Gasteiger partial charge in [0.15, 0.2) is 5.82 Å². The summed E-state index contributed by atoms with van der Waals surface area (Å²) in [6, 6.07) is 1.91. The van der Waals surface area contributed by atoms with Gasteiger partial charge in [-0.15, -0.1) is 0 Å². The molecule has 0 saturated carbocycles. The van der Waals surface area contributed by atoms with E-state index in [9.17, 15) is 19.3 Å². The minimum absolute atomic E-state index is 0.0503. The second-order valence-electron chi connectivity index (χ2n) is 4.32. The molecule has 0 bridgehead atoms. The van der Waals surface area contributed by atoms with Gasteiger partial charge in [0, 0.05) is 13.6 Å². The Bertz CT molecular complexity index is 506. The number of benzene rings is 1. The highest BCUT2D eigenvalue weighted by Gasteiger charge is 2.23. The van der Waals surface area contributed by atoms with Crippen molar-refractivity contribution in [3.05, 3.63) is 33.6 Å². The third-order valence-electron chi connectivity index (χ3n) is 2.86. The van der Waals surface area contributed by atoms with Crippen molar-refractivity contribution in [2.24, 2.45) is 0 Å². The van der Waals surface area contributed by atoms with Gasteiger partial charge in [0.1, 0.15) is 5.56 Å². The minimum Gasteiger partial charge on any atom is -0.386 e. The summed E-state index contributed by atoms with van der Waals surface area (Å²) in [7, 11) is 1.48. The van der Waals surface area contributed by atoms with Crippen molar-refractivity contribution in [2.75, 3.05) is 18.9 Å². The summed E-state index contributed by atoms with van der Waals surface area (Å²) < 4.78 is 13.5. The molecule has 0 heterocycles. The Morgan fingerprint density at radius 3 is 2.65 bits per heavy atom. The Hall–Kier alpha value is -2.18. The molecule has 0 fully saturated rings. The number of anilines is 1. The zero-order valence-electron chi connectivity index (χ0n) is 11.5. The average Bonchev–Trinajstić information content (AvgIpc) is 2.42. The molecule has 0 aromatic heterocycles. The summed E-state index contributed by atoms with van der Waals surface area (Å²) in [5, 5.41) is 16.1. The number of nitro benzene ring substituents is 1. The first-order chi connectivity index (χ1) is 9.51. The van der Waals surface area contributed by atoms with Crippen molar-refractivity contribution in [3.8, 4) is 0 Å².